The smallest absolute Gasteiger partial charge is 0.315 e. The molecule has 3 fully saturated rings. The van der Waals surface area contributed by atoms with E-state index in [4.69, 9.17) is 23.2 Å². The number of carbonyl (C=O) groups excluding carboxylic acids is 1. The van der Waals surface area contributed by atoms with E-state index in [0.29, 0.717) is 16.0 Å². The van der Waals surface area contributed by atoms with Crippen molar-refractivity contribution in [1.82, 2.24) is 15.5 Å². The molecule has 1 saturated heterocycles. The minimum atomic E-state index is -2.61. The first kappa shape index (κ1) is 23.8. The van der Waals surface area contributed by atoms with Gasteiger partial charge in [-0.3, -0.25) is 4.90 Å². The van der Waals surface area contributed by atoms with Crippen molar-refractivity contribution in [3.8, 4) is 0 Å². The van der Waals surface area contributed by atoms with Crippen molar-refractivity contribution in [2.24, 2.45) is 5.92 Å². The monoisotopic (exact) mass is 488 g/mol. The van der Waals surface area contributed by atoms with Gasteiger partial charge in [-0.05, 0) is 56.7 Å². The maximum absolute atomic E-state index is 12.9. The quantitative estimate of drug-likeness (QED) is 0.581. The lowest BCUT2D eigenvalue weighted by Gasteiger charge is -2.38. The van der Waals surface area contributed by atoms with Crippen LogP contribution < -0.4 is 15.5 Å². The fourth-order valence-electron chi connectivity index (χ4n) is 5.09. The van der Waals surface area contributed by atoms with E-state index in [0.717, 1.165) is 64.1 Å². The molecule has 0 radical (unpaired) electrons. The molecular weight excluding hydrogens is 457 g/mol. The van der Waals surface area contributed by atoms with Crippen LogP contribution in [-0.2, 0) is 0 Å². The Balaban J connectivity index is 1.10. The zero-order valence-electron chi connectivity index (χ0n) is 18.3. The lowest BCUT2D eigenvalue weighted by Crippen LogP contribution is -2.54. The molecule has 1 aliphatic heterocycles. The Morgan fingerprint density at radius 2 is 1.66 bits per heavy atom. The van der Waals surface area contributed by atoms with Gasteiger partial charge in [-0.2, -0.15) is 0 Å². The fraction of sp³-hybridized carbons (Fsp3) is 0.696. The molecule has 2 aliphatic carbocycles. The highest BCUT2D eigenvalue weighted by Crippen LogP contribution is 2.37. The number of nitrogens with one attached hydrogen (secondary N) is 2. The van der Waals surface area contributed by atoms with E-state index in [1.807, 2.05) is 18.2 Å². The molecule has 5 nitrogen and oxygen atoms in total. The number of urea groups is 1. The van der Waals surface area contributed by atoms with Gasteiger partial charge in [-0.1, -0.05) is 29.3 Å². The summed E-state index contributed by atoms with van der Waals surface area (Å²) in [5, 5.41) is 6.86. The van der Waals surface area contributed by atoms with E-state index in [2.05, 4.69) is 20.4 Å². The summed E-state index contributed by atoms with van der Waals surface area (Å²) in [7, 11) is 0. The fourth-order valence-corrected chi connectivity index (χ4v) is 5.50. The summed E-state index contributed by atoms with van der Waals surface area (Å²) in [4.78, 5) is 16.8. The number of benzene rings is 1. The Labute approximate surface area is 198 Å². The number of amides is 2. The molecule has 1 aromatic carbocycles. The molecule has 32 heavy (non-hydrogen) atoms. The number of halogens is 4. The van der Waals surface area contributed by atoms with Crippen molar-refractivity contribution in [2.75, 3.05) is 37.6 Å². The molecule has 178 valence electrons. The Bertz CT molecular complexity index is 788. The largest absolute Gasteiger partial charge is 0.368 e. The minimum Gasteiger partial charge on any atom is -0.368 e. The molecule has 2 saturated carbocycles. The van der Waals surface area contributed by atoms with Gasteiger partial charge in [-0.15, -0.1) is 0 Å². The summed E-state index contributed by atoms with van der Waals surface area (Å²) in [6, 6.07) is 5.24. The number of rotatable bonds is 6. The molecule has 0 aromatic heterocycles. The second-order valence-corrected chi connectivity index (χ2v) is 10.3. The number of hydrogen-bond acceptors (Lipinski definition) is 3. The van der Waals surface area contributed by atoms with E-state index in [9.17, 15) is 13.6 Å². The van der Waals surface area contributed by atoms with Gasteiger partial charge in [0.05, 0.1) is 15.7 Å². The Hall–Kier alpha value is -1.31. The average molecular weight is 489 g/mol. The first-order chi connectivity index (χ1) is 15.3. The van der Waals surface area contributed by atoms with Gasteiger partial charge in [0.2, 0.25) is 0 Å². The summed E-state index contributed by atoms with van der Waals surface area (Å²) in [6.07, 6.45) is 4.81. The highest BCUT2D eigenvalue weighted by Gasteiger charge is 2.46. The van der Waals surface area contributed by atoms with Crippen molar-refractivity contribution in [3.05, 3.63) is 28.2 Å². The van der Waals surface area contributed by atoms with Crippen LogP contribution in [0.15, 0.2) is 18.2 Å². The Kier molecular flexibility index (Phi) is 7.68. The van der Waals surface area contributed by atoms with Crippen molar-refractivity contribution in [2.45, 2.75) is 63.0 Å². The van der Waals surface area contributed by atoms with Gasteiger partial charge in [0, 0.05) is 51.1 Å². The topological polar surface area (TPSA) is 47.6 Å². The van der Waals surface area contributed by atoms with Crippen LogP contribution >= 0.6 is 23.2 Å². The highest BCUT2D eigenvalue weighted by molar-refractivity contribution is 6.43. The van der Waals surface area contributed by atoms with Gasteiger partial charge < -0.3 is 15.5 Å². The van der Waals surface area contributed by atoms with E-state index in [1.165, 1.54) is 6.42 Å². The van der Waals surface area contributed by atoms with Gasteiger partial charge in [0.1, 0.15) is 0 Å². The van der Waals surface area contributed by atoms with Gasteiger partial charge in [0.25, 0.3) is 5.92 Å². The third kappa shape index (κ3) is 6.17. The summed E-state index contributed by atoms with van der Waals surface area (Å²) < 4.78 is 25.8. The molecule has 0 bridgehead atoms. The van der Waals surface area contributed by atoms with Crippen molar-refractivity contribution in [1.29, 1.82) is 0 Å². The van der Waals surface area contributed by atoms with Crippen LogP contribution in [0.25, 0.3) is 0 Å². The summed E-state index contributed by atoms with van der Waals surface area (Å²) in [5.41, 5.74) is 1.01. The van der Waals surface area contributed by atoms with Gasteiger partial charge >= 0.3 is 6.03 Å². The first-order valence-electron chi connectivity index (χ1n) is 11.7. The molecule has 1 heterocycles. The van der Waals surface area contributed by atoms with E-state index < -0.39 is 12.0 Å². The van der Waals surface area contributed by atoms with E-state index >= 15 is 0 Å². The summed E-state index contributed by atoms with van der Waals surface area (Å²) >= 11 is 12.5. The molecule has 1 aromatic rings. The molecule has 0 spiro atoms. The zero-order valence-corrected chi connectivity index (χ0v) is 19.8. The number of hydrogen-bond donors (Lipinski definition) is 2. The standard InChI is InChI=1S/C23H32Cl2F2N4O/c24-19-2-1-3-20(21(19)25)31-12-10-30(11-13-31)9-8-16-4-6-17(7-5-16)28-22(32)29-18-14-23(26,27)15-18/h1-3,16-18H,4-15H2,(H2,28,29,32). The highest BCUT2D eigenvalue weighted by atomic mass is 35.5. The normalized spacial score (nSPS) is 26.4. The Morgan fingerprint density at radius 3 is 2.31 bits per heavy atom. The number of piperazine rings is 1. The molecular formula is C23H32Cl2F2N4O. The van der Waals surface area contributed by atoms with Crippen LogP contribution in [0, 0.1) is 5.92 Å². The van der Waals surface area contributed by atoms with Crippen molar-refractivity contribution >= 4 is 34.9 Å². The first-order valence-corrected chi connectivity index (χ1v) is 12.4. The maximum Gasteiger partial charge on any atom is 0.315 e. The lowest BCUT2D eigenvalue weighted by atomic mass is 9.84. The number of anilines is 1. The second-order valence-electron chi connectivity index (χ2n) is 9.49. The van der Waals surface area contributed by atoms with Crippen LogP contribution in [0.2, 0.25) is 10.0 Å². The SMILES string of the molecule is O=C(NC1CCC(CCN2CCN(c3cccc(Cl)c3Cl)CC2)CC1)NC1CC(F)(F)C1. The maximum atomic E-state index is 12.9. The number of carbonyl (C=O) groups is 1. The van der Waals surface area contributed by atoms with Crippen LogP contribution in [-0.4, -0.2) is 61.7 Å². The molecule has 9 heteroatoms. The number of alkyl halides is 2. The Morgan fingerprint density at radius 1 is 1.00 bits per heavy atom. The van der Waals surface area contributed by atoms with Gasteiger partial charge in [0.15, 0.2) is 0 Å². The molecule has 3 aliphatic rings. The third-order valence-corrected chi connectivity index (χ3v) is 7.91. The van der Waals surface area contributed by atoms with E-state index in [-0.39, 0.29) is 24.9 Å². The zero-order chi connectivity index (χ0) is 22.7. The van der Waals surface area contributed by atoms with Gasteiger partial charge in [-0.25, -0.2) is 13.6 Å². The average Bonchev–Trinajstić information content (AvgIpc) is 2.74. The molecule has 2 amide bonds. The number of nitrogens with zero attached hydrogens (tertiary/aromatic N) is 2. The molecule has 0 atom stereocenters. The van der Waals surface area contributed by atoms with Crippen LogP contribution in [0.4, 0.5) is 19.3 Å². The summed E-state index contributed by atoms with van der Waals surface area (Å²) in [6.45, 7) is 5.01. The van der Waals surface area contributed by atoms with Crippen molar-refractivity contribution in [3.63, 3.8) is 0 Å². The molecule has 4 rings (SSSR count). The third-order valence-electron chi connectivity index (χ3n) is 7.11. The second kappa shape index (κ2) is 10.3. The van der Waals surface area contributed by atoms with Crippen molar-refractivity contribution < 1.29 is 13.6 Å². The molecule has 2 N–H and O–H groups in total. The minimum absolute atomic E-state index is 0.151. The van der Waals surface area contributed by atoms with E-state index in [1.54, 1.807) is 0 Å². The van der Waals surface area contributed by atoms with Crippen LogP contribution in [0.5, 0.6) is 0 Å². The predicted molar refractivity (Wildman–Crippen MR) is 125 cm³/mol. The predicted octanol–water partition coefficient (Wildman–Crippen LogP) is 5.16. The van der Waals surface area contributed by atoms with Crippen LogP contribution in [0.3, 0.4) is 0 Å². The lowest BCUT2D eigenvalue weighted by molar-refractivity contribution is -0.0897. The molecule has 0 unspecified atom stereocenters. The summed E-state index contributed by atoms with van der Waals surface area (Å²) in [5.74, 6) is -1.92. The van der Waals surface area contributed by atoms with Crippen LogP contribution in [0.1, 0.15) is 44.9 Å².